The van der Waals surface area contributed by atoms with Gasteiger partial charge in [-0.1, -0.05) is 6.92 Å². The van der Waals surface area contributed by atoms with E-state index in [0.717, 1.165) is 5.92 Å². The third-order valence-electron chi connectivity index (χ3n) is 2.81. The van der Waals surface area contributed by atoms with Crippen LogP contribution in [0.25, 0.3) is 0 Å². The maximum Gasteiger partial charge on any atom is 0.0438 e. The fraction of sp³-hybridized carbons (Fsp3) is 0.545. The molecule has 1 heterocycles. The molecule has 0 N–H and O–H groups in total. The second kappa shape index (κ2) is 2.89. The summed E-state index contributed by atoms with van der Waals surface area (Å²) in [6, 6.07) is 2.12. The van der Waals surface area contributed by atoms with Crippen molar-refractivity contribution in [2.24, 2.45) is 5.92 Å². The normalized spacial score (nSPS) is 22.0. The van der Waals surface area contributed by atoms with Gasteiger partial charge in [-0.15, -0.1) is 0 Å². The van der Waals surface area contributed by atoms with Gasteiger partial charge in [-0.25, -0.2) is 0 Å². The molecule has 0 amide bonds. The molecular weight excluding hydrogens is 146 g/mol. The molecule has 12 heavy (non-hydrogen) atoms. The molecule has 0 saturated carbocycles. The van der Waals surface area contributed by atoms with E-state index in [4.69, 9.17) is 0 Å². The fourth-order valence-electron chi connectivity index (χ4n) is 1.97. The lowest BCUT2D eigenvalue weighted by atomic mass is 9.86. The molecule has 1 aliphatic carbocycles. The molecule has 1 heteroatoms. The van der Waals surface area contributed by atoms with Gasteiger partial charge in [0.2, 0.25) is 0 Å². The second-order valence-electron chi connectivity index (χ2n) is 3.90. The van der Waals surface area contributed by atoms with Crippen LogP contribution in [0.1, 0.15) is 30.2 Å². The van der Waals surface area contributed by atoms with Crippen molar-refractivity contribution in [1.82, 2.24) is 4.98 Å². The molecule has 2 rings (SSSR count). The summed E-state index contributed by atoms with van der Waals surface area (Å²) >= 11 is 0. The van der Waals surface area contributed by atoms with Crippen molar-refractivity contribution in [1.29, 1.82) is 0 Å². The molecule has 0 spiro atoms. The summed E-state index contributed by atoms with van der Waals surface area (Å²) in [5.74, 6) is 0.848. The Balaban J connectivity index is 2.43. The van der Waals surface area contributed by atoms with Crippen molar-refractivity contribution < 1.29 is 0 Å². The third kappa shape index (κ3) is 1.24. The van der Waals surface area contributed by atoms with Gasteiger partial charge in [-0.2, -0.15) is 0 Å². The molecule has 0 aromatic carbocycles. The van der Waals surface area contributed by atoms with E-state index in [-0.39, 0.29) is 0 Å². The van der Waals surface area contributed by atoms with Gasteiger partial charge in [0.25, 0.3) is 0 Å². The van der Waals surface area contributed by atoms with Crippen molar-refractivity contribution >= 4 is 0 Å². The Morgan fingerprint density at radius 3 is 3.17 bits per heavy atom. The molecule has 0 saturated heterocycles. The summed E-state index contributed by atoms with van der Waals surface area (Å²) < 4.78 is 0. The van der Waals surface area contributed by atoms with Gasteiger partial charge < -0.3 is 0 Å². The Hall–Kier alpha value is -0.850. The summed E-state index contributed by atoms with van der Waals surface area (Å²) in [6.45, 7) is 4.52. The van der Waals surface area contributed by atoms with E-state index in [2.05, 4.69) is 24.9 Å². The maximum atomic E-state index is 4.41. The Labute approximate surface area is 73.8 Å². The zero-order valence-electron chi connectivity index (χ0n) is 7.80. The molecule has 1 aromatic heterocycles. The van der Waals surface area contributed by atoms with Crippen LogP contribution in [0.15, 0.2) is 12.3 Å². The van der Waals surface area contributed by atoms with E-state index in [1.807, 2.05) is 6.20 Å². The quantitative estimate of drug-likeness (QED) is 0.569. The molecule has 1 atom stereocenters. The highest BCUT2D eigenvalue weighted by Gasteiger charge is 2.16. The van der Waals surface area contributed by atoms with Crippen LogP contribution in [-0.2, 0) is 12.8 Å². The number of hydrogen-bond acceptors (Lipinski definition) is 1. The number of aryl methyl sites for hydroxylation is 2. The van der Waals surface area contributed by atoms with E-state index in [1.54, 1.807) is 0 Å². The molecule has 0 bridgehead atoms. The number of nitrogens with zero attached hydrogens (tertiary/aromatic N) is 1. The van der Waals surface area contributed by atoms with Gasteiger partial charge in [0, 0.05) is 11.9 Å². The van der Waals surface area contributed by atoms with Gasteiger partial charge in [0.15, 0.2) is 0 Å². The van der Waals surface area contributed by atoms with Crippen molar-refractivity contribution in [3.63, 3.8) is 0 Å². The summed E-state index contributed by atoms with van der Waals surface area (Å²) in [4.78, 5) is 4.41. The van der Waals surface area contributed by atoms with Gasteiger partial charge in [0.1, 0.15) is 0 Å². The molecule has 1 aliphatic rings. The SMILES string of the molecule is Cc1ccnc2c1C[C@@H](C)CC2. The van der Waals surface area contributed by atoms with Crippen molar-refractivity contribution in [3.05, 3.63) is 29.1 Å². The van der Waals surface area contributed by atoms with Crippen LogP contribution in [0.4, 0.5) is 0 Å². The van der Waals surface area contributed by atoms with Crippen molar-refractivity contribution in [2.45, 2.75) is 33.1 Å². The maximum absolute atomic E-state index is 4.41. The molecule has 0 fully saturated rings. The van der Waals surface area contributed by atoms with Crippen molar-refractivity contribution in [2.75, 3.05) is 0 Å². The molecule has 1 aromatic rings. The third-order valence-corrected chi connectivity index (χ3v) is 2.81. The zero-order valence-corrected chi connectivity index (χ0v) is 7.80. The average molecular weight is 161 g/mol. The Kier molecular flexibility index (Phi) is 1.87. The average Bonchev–Trinajstić information content (AvgIpc) is 2.07. The lowest BCUT2D eigenvalue weighted by molar-refractivity contribution is 0.492. The standard InChI is InChI=1S/C11H15N/c1-8-3-4-11-10(7-8)9(2)5-6-12-11/h5-6,8H,3-4,7H2,1-2H3/t8-/m0/s1. The van der Waals surface area contributed by atoms with E-state index in [0.29, 0.717) is 0 Å². The predicted molar refractivity (Wildman–Crippen MR) is 50.2 cm³/mol. The first-order valence-electron chi connectivity index (χ1n) is 4.70. The van der Waals surface area contributed by atoms with E-state index < -0.39 is 0 Å². The van der Waals surface area contributed by atoms with Gasteiger partial charge >= 0.3 is 0 Å². The Morgan fingerprint density at radius 1 is 1.50 bits per heavy atom. The summed E-state index contributed by atoms with van der Waals surface area (Å²) in [7, 11) is 0. The minimum Gasteiger partial charge on any atom is -0.261 e. The topological polar surface area (TPSA) is 12.9 Å². The van der Waals surface area contributed by atoms with Gasteiger partial charge in [0.05, 0.1) is 0 Å². The van der Waals surface area contributed by atoms with Crippen LogP contribution >= 0.6 is 0 Å². The second-order valence-corrected chi connectivity index (χ2v) is 3.90. The summed E-state index contributed by atoms with van der Waals surface area (Å²) in [5, 5.41) is 0. The summed E-state index contributed by atoms with van der Waals surface area (Å²) in [5.41, 5.74) is 4.27. The molecule has 0 aliphatic heterocycles. The largest absolute Gasteiger partial charge is 0.261 e. The van der Waals surface area contributed by atoms with Crippen molar-refractivity contribution in [3.8, 4) is 0 Å². The zero-order chi connectivity index (χ0) is 8.55. The molecule has 0 unspecified atom stereocenters. The highest BCUT2D eigenvalue weighted by Crippen LogP contribution is 2.25. The highest BCUT2D eigenvalue weighted by molar-refractivity contribution is 5.31. The number of hydrogen-bond donors (Lipinski definition) is 0. The summed E-state index contributed by atoms with van der Waals surface area (Å²) in [6.07, 6.45) is 5.65. The smallest absolute Gasteiger partial charge is 0.0438 e. The first-order valence-corrected chi connectivity index (χ1v) is 4.70. The van der Waals surface area contributed by atoms with Crippen LogP contribution in [0.2, 0.25) is 0 Å². The molecule has 1 nitrogen and oxygen atoms in total. The lowest BCUT2D eigenvalue weighted by Crippen LogP contribution is -2.13. The molecular formula is C11H15N. The van der Waals surface area contributed by atoms with E-state index >= 15 is 0 Å². The first kappa shape index (κ1) is 7.78. The predicted octanol–water partition coefficient (Wildman–Crippen LogP) is 2.51. The molecule has 64 valence electrons. The minimum atomic E-state index is 0.848. The lowest BCUT2D eigenvalue weighted by Gasteiger charge is -2.21. The Morgan fingerprint density at radius 2 is 2.33 bits per heavy atom. The van der Waals surface area contributed by atoms with Crippen LogP contribution in [0.3, 0.4) is 0 Å². The van der Waals surface area contributed by atoms with Crippen LogP contribution in [0, 0.1) is 12.8 Å². The number of rotatable bonds is 0. The highest BCUT2D eigenvalue weighted by atomic mass is 14.7. The van der Waals surface area contributed by atoms with Crippen LogP contribution < -0.4 is 0 Å². The minimum absolute atomic E-state index is 0.848. The van der Waals surface area contributed by atoms with Crippen LogP contribution in [0.5, 0.6) is 0 Å². The Bertz CT molecular complexity index is 291. The van der Waals surface area contributed by atoms with Crippen LogP contribution in [-0.4, -0.2) is 4.98 Å². The molecule has 0 radical (unpaired) electrons. The van der Waals surface area contributed by atoms with E-state index in [9.17, 15) is 0 Å². The fourth-order valence-corrected chi connectivity index (χ4v) is 1.97. The number of aromatic nitrogens is 1. The van der Waals surface area contributed by atoms with Gasteiger partial charge in [-0.3, -0.25) is 4.98 Å². The number of fused-ring (bicyclic) bond motifs is 1. The van der Waals surface area contributed by atoms with E-state index in [1.165, 1.54) is 36.1 Å². The number of pyridine rings is 1. The first-order chi connectivity index (χ1) is 5.77. The van der Waals surface area contributed by atoms with Gasteiger partial charge in [-0.05, 0) is 49.3 Å². The monoisotopic (exact) mass is 161 g/mol.